The Morgan fingerprint density at radius 1 is 1.64 bits per heavy atom. The highest BCUT2D eigenvalue weighted by Gasteiger charge is 2.21. The van der Waals surface area contributed by atoms with Crippen molar-refractivity contribution in [2.24, 2.45) is 5.73 Å². The standard InChI is InChI=1S/C7H14N6O/c1-7(2,3-4(8)14)11-6-10-5(9)12-13-6/h3H2,1-2H3,(H2,8,14)(H4,9,10,11,12,13). The SMILES string of the molecule is CC(C)(CC(N)=O)Nc1n[nH]c(N)n1. The normalized spacial score (nSPS) is 11.3. The number of nitrogen functional groups attached to an aromatic ring is 1. The molecule has 78 valence electrons. The fourth-order valence-electron chi connectivity index (χ4n) is 1.11. The van der Waals surface area contributed by atoms with E-state index in [1.165, 1.54) is 0 Å². The van der Waals surface area contributed by atoms with Gasteiger partial charge in [0.25, 0.3) is 0 Å². The predicted molar refractivity (Wildman–Crippen MR) is 52.3 cm³/mol. The van der Waals surface area contributed by atoms with Crippen molar-refractivity contribution in [2.45, 2.75) is 25.8 Å². The Kier molecular flexibility index (Phi) is 2.59. The van der Waals surface area contributed by atoms with E-state index in [1.807, 2.05) is 13.8 Å². The summed E-state index contributed by atoms with van der Waals surface area (Å²) in [6, 6.07) is 0. The van der Waals surface area contributed by atoms with Crippen molar-refractivity contribution in [2.75, 3.05) is 11.1 Å². The van der Waals surface area contributed by atoms with E-state index in [2.05, 4.69) is 20.5 Å². The molecular weight excluding hydrogens is 184 g/mol. The molecule has 14 heavy (non-hydrogen) atoms. The van der Waals surface area contributed by atoms with Crippen molar-refractivity contribution in [3.8, 4) is 0 Å². The van der Waals surface area contributed by atoms with Crippen LogP contribution in [-0.2, 0) is 4.79 Å². The van der Waals surface area contributed by atoms with E-state index in [9.17, 15) is 4.79 Å². The molecule has 6 N–H and O–H groups in total. The number of carbonyl (C=O) groups excluding carboxylic acids is 1. The molecule has 7 nitrogen and oxygen atoms in total. The molecule has 0 atom stereocenters. The molecule has 1 aromatic rings. The molecule has 0 saturated carbocycles. The van der Waals surface area contributed by atoms with E-state index in [1.54, 1.807) is 0 Å². The van der Waals surface area contributed by atoms with Crippen LogP contribution in [0.1, 0.15) is 20.3 Å². The fourth-order valence-corrected chi connectivity index (χ4v) is 1.11. The lowest BCUT2D eigenvalue weighted by molar-refractivity contribution is -0.118. The van der Waals surface area contributed by atoms with Crippen LogP contribution in [0.4, 0.5) is 11.9 Å². The average Bonchev–Trinajstić information content (AvgIpc) is 2.30. The van der Waals surface area contributed by atoms with E-state index < -0.39 is 5.54 Å². The lowest BCUT2D eigenvalue weighted by atomic mass is 10.0. The number of nitrogens with two attached hydrogens (primary N) is 2. The van der Waals surface area contributed by atoms with E-state index in [4.69, 9.17) is 11.5 Å². The van der Waals surface area contributed by atoms with Gasteiger partial charge in [0, 0.05) is 12.0 Å². The van der Waals surface area contributed by atoms with Crippen molar-refractivity contribution in [3.05, 3.63) is 0 Å². The van der Waals surface area contributed by atoms with Crippen LogP contribution in [0, 0.1) is 0 Å². The van der Waals surface area contributed by atoms with Crippen LogP contribution >= 0.6 is 0 Å². The first-order valence-corrected chi connectivity index (χ1v) is 4.13. The van der Waals surface area contributed by atoms with Crippen LogP contribution in [0.25, 0.3) is 0 Å². The first kappa shape index (κ1) is 10.3. The van der Waals surface area contributed by atoms with Gasteiger partial charge in [-0.15, -0.1) is 5.10 Å². The summed E-state index contributed by atoms with van der Waals surface area (Å²) < 4.78 is 0. The van der Waals surface area contributed by atoms with Gasteiger partial charge in [-0.05, 0) is 13.8 Å². The van der Waals surface area contributed by atoms with Crippen molar-refractivity contribution in [1.82, 2.24) is 15.2 Å². The van der Waals surface area contributed by atoms with E-state index in [0.717, 1.165) is 0 Å². The van der Waals surface area contributed by atoms with Gasteiger partial charge in [0.1, 0.15) is 0 Å². The van der Waals surface area contributed by atoms with Gasteiger partial charge >= 0.3 is 0 Å². The minimum atomic E-state index is -0.486. The molecule has 0 aliphatic rings. The zero-order valence-corrected chi connectivity index (χ0v) is 8.16. The Morgan fingerprint density at radius 3 is 2.71 bits per heavy atom. The molecule has 0 bridgehead atoms. The maximum absolute atomic E-state index is 10.7. The molecule has 0 fully saturated rings. The van der Waals surface area contributed by atoms with E-state index in [0.29, 0.717) is 5.95 Å². The molecule has 1 aromatic heterocycles. The molecule has 1 amide bonds. The van der Waals surface area contributed by atoms with Crippen LogP contribution < -0.4 is 16.8 Å². The van der Waals surface area contributed by atoms with Crippen molar-refractivity contribution in [3.63, 3.8) is 0 Å². The smallest absolute Gasteiger partial charge is 0.244 e. The summed E-state index contributed by atoms with van der Waals surface area (Å²) in [5, 5.41) is 9.20. The molecular formula is C7H14N6O. The first-order valence-electron chi connectivity index (χ1n) is 4.13. The Balaban J connectivity index is 2.63. The summed E-state index contributed by atoms with van der Waals surface area (Å²) >= 11 is 0. The van der Waals surface area contributed by atoms with Crippen LogP contribution in [-0.4, -0.2) is 26.6 Å². The second kappa shape index (κ2) is 3.52. The average molecular weight is 198 g/mol. The Morgan fingerprint density at radius 2 is 2.29 bits per heavy atom. The van der Waals surface area contributed by atoms with Gasteiger partial charge in [-0.3, -0.25) is 4.79 Å². The molecule has 0 radical (unpaired) electrons. The molecule has 0 spiro atoms. The minimum Gasteiger partial charge on any atom is -0.370 e. The van der Waals surface area contributed by atoms with Gasteiger partial charge in [0.05, 0.1) is 0 Å². The van der Waals surface area contributed by atoms with Gasteiger partial charge in [0.15, 0.2) is 0 Å². The number of aromatic amines is 1. The zero-order valence-electron chi connectivity index (χ0n) is 8.16. The molecule has 0 aliphatic carbocycles. The summed E-state index contributed by atoms with van der Waals surface area (Å²) in [6.45, 7) is 3.65. The Hall–Kier alpha value is -1.79. The highest BCUT2D eigenvalue weighted by atomic mass is 16.1. The monoisotopic (exact) mass is 198 g/mol. The number of hydrogen-bond donors (Lipinski definition) is 4. The summed E-state index contributed by atoms with van der Waals surface area (Å²) in [4.78, 5) is 14.6. The Bertz CT molecular complexity index is 331. The number of carbonyl (C=O) groups is 1. The maximum atomic E-state index is 10.7. The third-order valence-corrected chi connectivity index (χ3v) is 1.57. The van der Waals surface area contributed by atoms with Gasteiger partial charge < -0.3 is 16.8 Å². The van der Waals surface area contributed by atoms with Crippen molar-refractivity contribution >= 4 is 17.8 Å². The fraction of sp³-hybridized carbons (Fsp3) is 0.571. The third-order valence-electron chi connectivity index (χ3n) is 1.57. The molecule has 7 heteroatoms. The van der Waals surface area contributed by atoms with Crippen molar-refractivity contribution < 1.29 is 4.79 Å². The quantitative estimate of drug-likeness (QED) is 0.517. The number of aromatic nitrogens is 3. The van der Waals surface area contributed by atoms with Gasteiger partial charge in [-0.2, -0.15) is 4.98 Å². The topological polar surface area (TPSA) is 123 Å². The largest absolute Gasteiger partial charge is 0.370 e. The highest BCUT2D eigenvalue weighted by Crippen LogP contribution is 2.14. The van der Waals surface area contributed by atoms with Gasteiger partial charge in [-0.1, -0.05) is 0 Å². The molecule has 0 aliphatic heterocycles. The first-order chi connectivity index (χ1) is 6.39. The summed E-state index contributed by atoms with van der Waals surface area (Å²) in [7, 11) is 0. The summed E-state index contributed by atoms with van der Waals surface area (Å²) in [5.41, 5.74) is 9.94. The van der Waals surface area contributed by atoms with Crippen LogP contribution in [0.15, 0.2) is 0 Å². The number of nitrogens with zero attached hydrogens (tertiary/aromatic N) is 2. The Labute approximate surface area is 81.3 Å². The highest BCUT2D eigenvalue weighted by molar-refractivity contribution is 5.75. The van der Waals surface area contributed by atoms with Gasteiger partial charge in [0.2, 0.25) is 17.8 Å². The molecule has 0 unspecified atom stereocenters. The summed E-state index contributed by atoms with van der Waals surface area (Å²) in [5.74, 6) is 0.196. The molecule has 1 heterocycles. The van der Waals surface area contributed by atoms with Crippen LogP contribution in [0.3, 0.4) is 0 Å². The molecule has 0 aromatic carbocycles. The number of nitrogens with one attached hydrogen (secondary N) is 2. The lowest BCUT2D eigenvalue weighted by Crippen LogP contribution is -2.36. The van der Waals surface area contributed by atoms with Crippen molar-refractivity contribution in [1.29, 1.82) is 0 Å². The zero-order chi connectivity index (χ0) is 10.8. The molecule has 1 rings (SSSR count). The number of primary amides is 1. The number of anilines is 2. The maximum Gasteiger partial charge on any atom is 0.244 e. The van der Waals surface area contributed by atoms with E-state index >= 15 is 0 Å². The number of amides is 1. The number of rotatable bonds is 4. The van der Waals surface area contributed by atoms with Crippen LogP contribution in [0.5, 0.6) is 0 Å². The molecule has 0 saturated heterocycles. The van der Waals surface area contributed by atoms with Crippen LogP contribution in [0.2, 0.25) is 0 Å². The number of hydrogen-bond acceptors (Lipinski definition) is 5. The second-order valence-electron chi connectivity index (χ2n) is 3.70. The van der Waals surface area contributed by atoms with E-state index in [-0.39, 0.29) is 18.3 Å². The predicted octanol–water partition coefficient (Wildman–Crippen LogP) is -0.547. The lowest BCUT2D eigenvalue weighted by Gasteiger charge is -2.23. The third kappa shape index (κ3) is 2.92. The number of H-pyrrole nitrogens is 1. The minimum absolute atomic E-state index is 0.196. The van der Waals surface area contributed by atoms with Gasteiger partial charge in [-0.25, -0.2) is 5.10 Å². The second-order valence-corrected chi connectivity index (χ2v) is 3.70. The summed E-state index contributed by atoms with van der Waals surface area (Å²) in [6.07, 6.45) is 0.196.